The molecule has 2 rings (SSSR count). The highest BCUT2D eigenvalue weighted by Crippen LogP contribution is 2.38. The molecular formula is C18H23ClF3NO3. The minimum absolute atomic E-state index is 0.0950. The van der Waals surface area contributed by atoms with Crippen LogP contribution in [0.25, 0.3) is 0 Å². The minimum Gasteiger partial charge on any atom is -0.490 e. The molecule has 0 N–H and O–H groups in total. The van der Waals surface area contributed by atoms with E-state index < -0.39 is 12.7 Å². The number of nitrogens with zero attached hydrogens (tertiary/aromatic N) is 1. The fourth-order valence-electron chi connectivity index (χ4n) is 2.93. The summed E-state index contributed by atoms with van der Waals surface area (Å²) in [5.74, 6) is 0.888. The molecule has 0 saturated heterocycles. The second-order valence-corrected chi connectivity index (χ2v) is 6.82. The van der Waals surface area contributed by atoms with Gasteiger partial charge in [-0.3, -0.25) is 4.79 Å². The minimum atomic E-state index is -4.44. The first-order chi connectivity index (χ1) is 12.3. The molecule has 1 aliphatic carbocycles. The number of hydrogen-bond acceptors (Lipinski definition) is 3. The third kappa shape index (κ3) is 6.27. The zero-order valence-corrected chi connectivity index (χ0v) is 15.4. The molecule has 4 nitrogen and oxygen atoms in total. The number of amides is 1. The van der Waals surface area contributed by atoms with Crippen molar-refractivity contribution in [3.63, 3.8) is 0 Å². The molecule has 0 aromatic heterocycles. The van der Waals surface area contributed by atoms with Gasteiger partial charge in [0.2, 0.25) is 6.41 Å². The van der Waals surface area contributed by atoms with Gasteiger partial charge in [-0.2, -0.15) is 13.2 Å². The molecule has 26 heavy (non-hydrogen) atoms. The lowest BCUT2D eigenvalue weighted by molar-refractivity contribution is -0.154. The third-order valence-corrected chi connectivity index (χ3v) is 4.62. The molecule has 0 atom stereocenters. The van der Waals surface area contributed by atoms with Gasteiger partial charge in [0.05, 0.1) is 12.6 Å². The van der Waals surface area contributed by atoms with E-state index in [-0.39, 0.29) is 25.7 Å². The van der Waals surface area contributed by atoms with Gasteiger partial charge in [0, 0.05) is 0 Å². The molecule has 0 bridgehead atoms. The molecule has 0 spiro atoms. The molecule has 0 unspecified atom stereocenters. The monoisotopic (exact) mass is 393 g/mol. The lowest BCUT2D eigenvalue weighted by atomic mass is 9.98. The molecule has 1 aromatic carbocycles. The Morgan fingerprint density at radius 1 is 1.27 bits per heavy atom. The smallest absolute Gasteiger partial charge is 0.406 e. The highest BCUT2D eigenvalue weighted by atomic mass is 35.5. The molecular weight excluding hydrogens is 371 g/mol. The van der Waals surface area contributed by atoms with Gasteiger partial charge in [0.1, 0.15) is 29.7 Å². The van der Waals surface area contributed by atoms with Crippen LogP contribution in [0.3, 0.4) is 0 Å². The maximum absolute atomic E-state index is 12.4. The van der Waals surface area contributed by atoms with Gasteiger partial charge in [0.25, 0.3) is 0 Å². The number of hydrogen-bond donors (Lipinski definition) is 0. The predicted octanol–water partition coefficient (Wildman–Crippen LogP) is 4.76. The standard InChI is InChI=1S/C18H23ClF3NO3/c1-13-7-8-15(26-14-5-3-2-4-6-14)16(19)17(13)25-10-9-23(12-24)11-18(20,21)22/h7-8,12,14H,2-6,9-11H2,1H3. The quantitative estimate of drug-likeness (QED) is 0.598. The lowest BCUT2D eigenvalue weighted by Gasteiger charge is -2.24. The first-order valence-electron chi connectivity index (χ1n) is 8.65. The van der Waals surface area contributed by atoms with Gasteiger partial charge in [-0.05, 0) is 44.2 Å². The maximum atomic E-state index is 12.4. The van der Waals surface area contributed by atoms with Crippen molar-refractivity contribution in [3.05, 3.63) is 22.7 Å². The molecule has 1 saturated carbocycles. The van der Waals surface area contributed by atoms with E-state index in [1.165, 1.54) is 6.42 Å². The Hall–Kier alpha value is -1.63. The van der Waals surface area contributed by atoms with Gasteiger partial charge in [0.15, 0.2) is 0 Å². The van der Waals surface area contributed by atoms with E-state index in [9.17, 15) is 18.0 Å². The first-order valence-corrected chi connectivity index (χ1v) is 9.02. The number of alkyl halides is 3. The third-order valence-electron chi connectivity index (χ3n) is 4.26. The zero-order chi connectivity index (χ0) is 19.2. The number of carbonyl (C=O) groups is 1. The average Bonchev–Trinajstić information content (AvgIpc) is 2.59. The summed E-state index contributed by atoms with van der Waals surface area (Å²) in [4.78, 5) is 11.4. The second kappa shape index (κ2) is 9.35. The summed E-state index contributed by atoms with van der Waals surface area (Å²) < 4.78 is 48.6. The molecule has 8 heteroatoms. The zero-order valence-electron chi connectivity index (χ0n) is 14.7. The summed E-state index contributed by atoms with van der Waals surface area (Å²) in [6, 6.07) is 3.58. The molecule has 1 amide bonds. The highest BCUT2D eigenvalue weighted by Gasteiger charge is 2.30. The highest BCUT2D eigenvalue weighted by molar-refractivity contribution is 6.33. The Morgan fingerprint density at radius 2 is 1.96 bits per heavy atom. The average molecular weight is 394 g/mol. The van der Waals surface area contributed by atoms with E-state index in [1.54, 1.807) is 19.1 Å². The topological polar surface area (TPSA) is 38.8 Å². The molecule has 1 aromatic rings. The van der Waals surface area contributed by atoms with Crippen molar-refractivity contribution in [1.82, 2.24) is 4.90 Å². The number of halogens is 4. The summed E-state index contributed by atoms with van der Waals surface area (Å²) in [6.45, 7) is 0.199. The summed E-state index contributed by atoms with van der Waals surface area (Å²) in [7, 11) is 0. The van der Waals surface area contributed by atoms with Crippen LogP contribution in [0.5, 0.6) is 11.5 Å². The van der Waals surface area contributed by atoms with Crippen molar-refractivity contribution in [1.29, 1.82) is 0 Å². The van der Waals surface area contributed by atoms with Crippen LogP contribution in [0.2, 0.25) is 5.02 Å². The van der Waals surface area contributed by atoms with Crippen molar-refractivity contribution in [2.75, 3.05) is 19.7 Å². The molecule has 1 aliphatic rings. The second-order valence-electron chi connectivity index (χ2n) is 6.44. The summed E-state index contributed by atoms with van der Waals surface area (Å²) >= 11 is 6.38. The van der Waals surface area contributed by atoms with Gasteiger partial charge in [-0.1, -0.05) is 24.1 Å². The number of aryl methyl sites for hydroxylation is 1. The van der Waals surface area contributed by atoms with Crippen LogP contribution in [0.1, 0.15) is 37.7 Å². The van der Waals surface area contributed by atoms with Gasteiger partial charge >= 0.3 is 6.18 Å². The first kappa shape index (κ1) is 20.7. The van der Waals surface area contributed by atoms with E-state index >= 15 is 0 Å². The Kier molecular flexibility index (Phi) is 7.43. The van der Waals surface area contributed by atoms with E-state index in [4.69, 9.17) is 21.1 Å². The van der Waals surface area contributed by atoms with E-state index in [1.807, 2.05) is 0 Å². The normalized spacial score (nSPS) is 15.6. The maximum Gasteiger partial charge on any atom is 0.406 e. The van der Waals surface area contributed by atoms with Gasteiger partial charge < -0.3 is 14.4 Å². The van der Waals surface area contributed by atoms with Crippen LogP contribution in [-0.2, 0) is 4.79 Å². The Balaban J connectivity index is 1.97. The van der Waals surface area contributed by atoms with Crippen molar-refractivity contribution in [2.24, 2.45) is 0 Å². The Morgan fingerprint density at radius 3 is 2.58 bits per heavy atom. The molecule has 0 heterocycles. The summed E-state index contributed by atoms with van der Waals surface area (Å²) in [5, 5.41) is 0.309. The fourth-order valence-corrected chi connectivity index (χ4v) is 3.24. The van der Waals surface area contributed by atoms with Crippen LogP contribution in [-0.4, -0.2) is 43.3 Å². The van der Waals surface area contributed by atoms with Crippen LogP contribution in [0.4, 0.5) is 13.2 Å². The molecule has 1 fully saturated rings. The molecule has 0 aliphatic heterocycles. The van der Waals surface area contributed by atoms with E-state index in [0.717, 1.165) is 31.2 Å². The lowest BCUT2D eigenvalue weighted by Crippen LogP contribution is -2.36. The van der Waals surface area contributed by atoms with Crippen molar-refractivity contribution in [2.45, 2.75) is 51.3 Å². The van der Waals surface area contributed by atoms with Gasteiger partial charge in [-0.15, -0.1) is 0 Å². The number of rotatable bonds is 8. The van der Waals surface area contributed by atoms with Crippen molar-refractivity contribution >= 4 is 18.0 Å². The number of benzene rings is 1. The fraction of sp³-hybridized carbons (Fsp3) is 0.611. The Bertz CT molecular complexity index is 604. The van der Waals surface area contributed by atoms with Crippen molar-refractivity contribution in [3.8, 4) is 11.5 Å². The van der Waals surface area contributed by atoms with Gasteiger partial charge in [-0.25, -0.2) is 0 Å². The predicted molar refractivity (Wildman–Crippen MR) is 92.9 cm³/mol. The van der Waals surface area contributed by atoms with Crippen LogP contribution in [0.15, 0.2) is 12.1 Å². The van der Waals surface area contributed by atoms with Crippen LogP contribution in [0, 0.1) is 6.92 Å². The van der Waals surface area contributed by atoms with E-state index in [2.05, 4.69) is 0 Å². The van der Waals surface area contributed by atoms with Crippen LogP contribution >= 0.6 is 11.6 Å². The Labute approximate surface area is 156 Å². The van der Waals surface area contributed by atoms with Crippen molar-refractivity contribution < 1.29 is 27.4 Å². The SMILES string of the molecule is Cc1ccc(OC2CCCCC2)c(Cl)c1OCCN(C=O)CC(F)(F)F. The molecule has 0 radical (unpaired) electrons. The molecule has 146 valence electrons. The largest absolute Gasteiger partial charge is 0.490 e. The van der Waals surface area contributed by atoms with E-state index in [0.29, 0.717) is 21.4 Å². The van der Waals surface area contributed by atoms with Crippen LogP contribution < -0.4 is 9.47 Å². The summed E-state index contributed by atoms with van der Waals surface area (Å²) in [6.07, 6.45) is 1.25. The number of ether oxygens (including phenoxy) is 2. The summed E-state index contributed by atoms with van der Waals surface area (Å²) in [5.41, 5.74) is 0.750. The number of carbonyl (C=O) groups excluding carboxylic acids is 1.